The molecule has 6 heteroatoms. The highest BCUT2D eigenvalue weighted by Gasteiger charge is 2.32. The standard InChI is InChI=1S/C25H37N3O3/c1-19(2)26-15-17-27(18-16-26)25(30)20-6-10-22(11-7-20)31-23-12-8-21(9-13-23)28-14-4-3-5-24(28)29/h8-9,12-13,19-20,22H,3-7,10-11,14-18H2,1-2H3/t20-,22-. The number of ether oxygens (including phenoxy) is 1. The third kappa shape index (κ3) is 5.40. The number of hydrogen-bond donors (Lipinski definition) is 0. The summed E-state index contributed by atoms with van der Waals surface area (Å²) in [6.07, 6.45) is 6.55. The molecular weight excluding hydrogens is 390 g/mol. The van der Waals surface area contributed by atoms with Gasteiger partial charge in [0.1, 0.15) is 5.75 Å². The van der Waals surface area contributed by atoms with Crippen LogP contribution in [0.15, 0.2) is 24.3 Å². The van der Waals surface area contributed by atoms with Gasteiger partial charge < -0.3 is 14.5 Å². The first-order valence-corrected chi connectivity index (χ1v) is 12.1. The summed E-state index contributed by atoms with van der Waals surface area (Å²) in [6.45, 7) is 8.95. The van der Waals surface area contributed by atoms with Crippen LogP contribution in [0.2, 0.25) is 0 Å². The van der Waals surface area contributed by atoms with E-state index in [4.69, 9.17) is 4.74 Å². The van der Waals surface area contributed by atoms with Gasteiger partial charge in [-0.1, -0.05) is 0 Å². The molecule has 2 heterocycles. The van der Waals surface area contributed by atoms with Crippen LogP contribution in [-0.4, -0.2) is 66.5 Å². The number of hydrogen-bond acceptors (Lipinski definition) is 4. The Morgan fingerprint density at radius 1 is 0.935 bits per heavy atom. The molecule has 0 atom stereocenters. The molecule has 6 nitrogen and oxygen atoms in total. The molecule has 2 saturated heterocycles. The largest absolute Gasteiger partial charge is 0.490 e. The van der Waals surface area contributed by atoms with Gasteiger partial charge in [-0.2, -0.15) is 0 Å². The predicted octanol–water partition coefficient (Wildman–Crippen LogP) is 3.69. The summed E-state index contributed by atoms with van der Waals surface area (Å²) in [7, 11) is 0. The molecule has 3 fully saturated rings. The first-order valence-electron chi connectivity index (χ1n) is 12.1. The van der Waals surface area contributed by atoms with E-state index < -0.39 is 0 Å². The minimum Gasteiger partial charge on any atom is -0.490 e. The summed E-state index contributed by atoms with van der Waals surface area (Å²) in [5.41, 5.74) is 0.962. The third-order valence-corrected chi connectivity index (χ3v) is 7.15. The van der Waals surface area contributed by atoms with Crippen LogP contribution in [0.1, 0.15) is 58.8 Å². The molecule has 1 aliphatic carbocycles. The van der Waals surface area contributed by atoms with Gasteiger partial charge in [-0.05, 0) is 76.6 Å². The number of piperazine rings is 1. The molecule has 0 aromatic heterocycles. The SMILES string of the molecule is CC(C)N1CCN(C(=O)[C@H]2CC[C@H](Oc3ccc(N4CCCCC4=O)cc3)CC2)CC1. The van der Waals surface area contributed by atoms with Crippen LogP contribution < -0.4 is 9.64 Å². The molecule has 1 saturated carbocycles. The Morgan fingerprint density at radius 3 is 2.23 bits per heavy atom. The number of rotatable bonds is 5. The number of amides is 2. The fourth-order valence-electron chi connectivity index (χ4n) is 5.12. The lowest BCUT2D eigenvalue weighted by Crippen LogP contribution is -2.52. The molecule has 0 radical (unpaired) electrons. The van der Waals surface area contributed by atoms with E-state index in [0.29, 0.717) is 18.4 Å². The van der Waals surface area contributed by atoms with Crippen molar-refractivity contribution in [2.75, 3.05) is 37.6 Å². The number of carbonyl (C=O) groups excluding carboxylic acids is 2. The second-order valence-electron chi connectivity index (χ2n) is 9.54. The van der Waals surface area contributed by atoms with E-state index >= 15 is 0 Å². The fourth-order valence-corrected chi connectivity index (χ4v) is 5.12. The molecule has 0 unspecified atom stereocenters. The van der Waals surface area contributed by atoms with Crippen molar-refractivity contribution in [2.24, 2.45) is 5.92 Å². The zero-order chi connectivity index (χ0) is 21.8. The lowest BCUT2D eigenvalue weighted by atomic mass is 9.86. The Morgan fingerprint density at radius 2 is 1.61 bits per heavy atom. The predicted molar refractivity (Wildman–Crippen MR) is 122 cm³/mol. The van der Waals surface area contributed by atoms with Crippen molar-refractivity contribution < 1.29 is 14.3 Å². The van der Waals surface area contributed by atoms with Gasteiger partial charge in [0.2, 0.25) is 11.8 Å². The highest BCUT2D eigenvalue weighted by Crippen LogP contribution is 2.30. The highest BCUT2D eigenvalue weighted by molar-refractivity contribution is 5.94. The molecule has 1 aromatic carbocycles. The Hall–Kier alpha value is -2.08. The first kappa shape index (κ1) is 22.1. The van der Waals surface area contributed by atoms with Crippen molar-refractivity contribution in [2.45, 2.75) is 70.9 Å². The van der Waals surface area contributed by atoms with Gasteiger partial charge in [0, 0.05) is 56.8 Å². The maximum absolute atomic E-state index is 12.9. The maximum Gasteiger partial charge on any atom is 0.226 e. The van der Waals surface area contributed by atoms with E-state index in [2.05, 4.69) is 23.6 Å². The Balaban J connectivity index is 1.23. The van der Waals surface area contributed by atoms with Crippen molar-refractivity contribution in [3.63, 3.8) is 0 Å². The third-order valence-electron chi connectivity index (χ3n) is 7.15. The Bertz CT molecular complexity index is 748. The molecule has 31 heavy (non-hydrogen) atoms. The minimum atomic E-state index is 0.151. The Kier molecular flexibility index (Phi) is 7.16. The smallest absolute Gasteiger partial charge is 0.226 e. The minimum absolute atomic E-state index is 0.151. The van der Waals surface area contributed by atoms with E-state index in [1.807, 2.05) is 29.2 Å². The molecule has 3 aliphatic rings. The number of piperidine rings is 1. The lowest BCUT2D eigenvalue weighted by Gasteiger charge is -2.39. The van der Waals surface area contributed by atoms with Gasteiger partial charge in [-0.15, -0.1) is 0 Å². The Labute approximate surface area is 186 Å². The average molecular weight is 428 g/mol. The zero-order valence-corrected chi connectivity index (χ0v) is 19.1. The van der Waals surface area contributed by atoms with Gasteiger partial charge in [0.15, 0.2) is 0 Å². The van der Waals surface area contributed by atoms with Crippen LogP contribution in [0.4, 0.5) is 5.69 Å². The maximum atomic E-state index is 12.9. The normalized spacial score (nSPS) is 25.7. The molecule has 1 aromatic rings. The van der Waals surface area contributed by atoms with Crippen LogP contribution in [0.3, 0.4) is 0 Å². The van der Waals surface area contributed by atoms with Gasteiger partial charge in [-0.3, -0.25) is 14.5 Å². The van der Waals surface area contributed by atoms with E-state index in [1.165, 1.54) is 0 Å². The van der Waals surface area contributed by atoms with Crippen molar-refractivity contribution in [3.8, 4) is 5.75 Å². The second kappa shape index (κ2) is 10.0. The van der Waals surface area contributed by atoms with Gasteiger partial charge in [0.25, 0.3) is 0 Å². The van der Waals surface area contributed by atoms with Gasteiger partial charge >= 0.3 is 0 Å². The molecular formula is C25H37N3O3. The van der Waals surface area contributed by atoms with Crippen LogP contribution in [0.25, 0.3) is 0 Å². The summed E-state index contributed by atoms with van der Waals surface area (Å²) in [6, 6.07) is 8.49. The highest BCUT2D eigenvalue weighted by atomic mass is 16.5. The molecule has 4 rings (SSSR count). The van der Waals surface area contributed by atoms with E-state index in [0.717, 1.165) is 82.7 Å². The van der Waals surface area contributed by atoms with Crippen LogP contribution in [-0.2, 0) is 9.59 Å². The van der Waals surface area contributed by atoms with E-state index in [-0.39, 0.29) is 17.9 Å². The molecule has 2 amide bonds. The van der Waals surface area contributed by atoms with Crippen LogP contribution in [0, 0.1) is 5.92 Å². The summed E-state index contributed by atoms with van der Waals surface area (Å²) in [5, 5.41) is 0. The summed E-state index contributed by atoms with van der Waals surface area (Å²) in [4.78, 5) is 31.4. The topological polar surface area (TPSA) is 53.1 Å². The molecule has 0 bridgehead atoms. The molecule has 0 spiro atoms. The number of benzene rings is 1. The van der Waals surface area contributed by atoms with Crippen molar-refractivity contribution in [1.82, 2.24) is 9.80 Å². The first-order chi connectivity index (χ1) is 15.0. The lowest BCUT2D eigenvalue weighted by molar-refractivity contribution is -0.139. The van der Waals surface area contributed by atoms with Gasteiger partial charge in [-0.25, -0.2) is 0 Å². The number of nitrogens with zero attached hydrogens (tertiary/aromatic N) is 3. The molecule has 170 valence electrons. The van der Waals surface area contributed by atoms with Crippen molar-refractivity contribution in [3.05, 3.63) is 24.3 Å². The van der Waals surface area contributed by atoms with Crippen molar-refractivity contribution >= 4 is 17.5 Å². The van der Waals surface area contributed by atoms with E-state index in [9.17, 15) is 9.59 Å². The number of carbonyl (C=O) groups is 2. The molecule has 2 aliphatic heterocycles. The second-order valence-corrected chi connectivity index (χ2v) is 9.54. The summed E-state index contributed by atoms with van der Waals surface area (Å²) < 4.78 is 6.20. The fraction of sp³-hybridized carbons (Fsp3) is 0.680. The van der Waals surface area contributed by atoms with Gasteiger partial charge in [0.05, 0.1) is 6.10 Å². The zero-order valence-electron chi connectivity index (χ0n) is 19.1. The summed E-state index contributed by atoms with van der Waals surface area (Å²) >= 11 is 0. The quantitative estimate of drug-likeness (QED) is 0.719. The molecule has 0 N–H and O–H groups in total. The van der Waals surface area contributed by atoms with E-state index in [1.54, 1.807) is 0 Å². The average Bonchev–Trinajstić information content (AvgIpc) is 2.80. The summed E-state index contributed by atoms with van der Waals surface area (Å²) in [5.74, 6) is 1.57. The monoisotopic (exact) mass is 427 g/mol. The van der Waals surface area contributed by atoms with Crippen molar-refractivity contribution in [1.29, 1.82) is 0 Å². The van der Waals surface area contributed by atoms with Crippen LogP contribution in [0.5, 0.6) is 5.75 Å². The number of anilines is 1. The van der Waals surface area contributed by atoms with Crippen LogP contribution >= 0.6 is 0 Å².